The van der Waals surface area contributed by atoms with Crippen LogP contribution >= 0.6 is 0 Å². The zero-order valence-corrected chi connectivity index (χ0v) is 11.7. The third-order valence-electron chi connectivity index (χ3n) is 2.57. The molecule has 104 valence electrons. The van der Waals surface area contributed by atoms with Crippen molar-refractivity contribution in [3.05, 3.63) is 18.2 Å². The minimum atomic E-state index is 0.645. The smallest absolute Gasteiger partial charge is 0.0949 e. The van der Waals surface area contributed by atoms with Gasteiger partial charge in [-0.05, 0) is 12.5 Å². The summed E-state index contributed by atoms with van der Waals surface area (Å²) in [6.45, 7) is 9.10. The molecule has 0 bridgehead atoms. The summed E-state index contributed by atoms with van der Waals surface area (Å²) in [4.78, 5) is 4.18. The van der Waals surface area contributed by atoms with Gasteiger partial charge in [0.05, 0.1) is 31.8 Å². The number of methoxy groups -OCH3 is 1. The van der Waals surface area contributed by atoms with Gasteiger partial charge >= 0.3 is 0 Å². The van der Waals surface area contributed by atoms with Gasteiger partial charge < -0.3 is 19.4 Å². The molecule has 0 saturated carbocycles. The van der Waals surface area contributed by atoms with Gasteiger partial charge in [-0.1, -0.05) is 13.8 Å². The molecule has 0 aliphatic heterocycles. The van der Waals surface area contributed by atoms with Crippen LogP contribution in [0.1, 0.15) is 19.5 Å². The summed E-state index contributed by atoms with van der Waals surface area (Å²) in [7, 11) is 1.68. The summed E-state index contributed by atoms with van der Waals surface area (Å²) in [5.41, 5.74) is 1.20. The van der Waals surface area contributed by atoms with Gasteiger partial charge in [0.25, 0.3) is 0 Å². The second kappa shape index (κ2) is 9.08. The Kier molecular flexibility index (Phi) is 7.64. The summed E-state index contributed by atoms with van der Waals surface area (Å²) in [6.07, 6.45) is 3.76. The molecule has 0 unspecified atom stereocenters. The summed E-state index contributed by atoms with van der Waals surface area (Å²) in [5, 5.41) is 3.42. The lowest BCUT2D eigenvalue weighted by atomic mass is 10.2. The molecule has 0 spiro atoms. The highest BCUT2D eigenvalue weighted by atomic mass is 16.5. The first-order valence-corrected chi connectivity index (χ1v) is 6.50. The molecule has 1 N–H and O–H groups in total. The van der Waals surface area contributed by atoms with Crippen molar-refractivity contribution < 1.29 is 9.47 Å². The van der Waals surface area contributed by atoms with E-state index in [-0.39, 0.29) is 0 Å². The second-order valence-corrected chi connectivity index (χ2v) is 4.71. The highest BCUT2D eigenvalue weighted by molar-refractivity contribution is 4.97. The van der Waals surface area contributed by atoms with E-state index in [4.69, 9.17) is 9.47 Å². The number of nitrogens with zero attached hydrogens (tertiary/aromatic N) is 2. The first-order chi connectivity index (χ1) is 8.74. The summed E-state index contributed by atoms with van der Waals surface area (Å²) < 4.78 is 12.5. The fourth-order valence-electron chi connectivity index (χ4n) is 1.59. The predicted octanol–water partition coefficient (Wildman–Crippen LogP) is 1.29. The first kappa shape index (κ1) is 15.1. The Morgan fingerprint density at radius 2 is 2.17 bits per heavy atom. The van der Waals surface area contributed by atoms with E-state index >= 15 is 0 Å². The van der Waals surface area contributed by atoms with Gasteiger partial charge in [0.2, 0.25) is 0 Å². The lowest BCUT2D eigenvalue weighted by Gasteiger charge is -2.10. The minimum absolute atomic E-state index is 0.645. The van der Waals surface area contributed by atoms with Gasteiger partial charge in [0.15, 0.2) is 0 Å². The lowest BCUT2D eigenvalue weighted by molar-refractivity contribution is 0.0663. The third kappa shape index (κ3) is 6.14. The number of hydrogen-bond acceptors (Lipinski definition) is 4. The number of rotatable bonds is 10. The Bertz CT molecular complexity index is 313. The van der Waals surface area contributed by atoms with Crippen LogP contribution in [0.3, 0.4) is 0 Å². The van der Waals surface area contributed by atoms with Crippen molar-refractivity contribution in [2.75, 3.05) is 33.5 Å². The Morgan fingerprint density at radius 1 is 1.33 bits per heavy atom. The predicted molar refractivity (Wildman–Crippen MR) is 71.5 cm³/mol. The molecule has 0 aromatic carbocycles. The maximum Gasteiger partial charge on any atom is 0.0949 e. The van der Waals surface area contributed by atoms with Crippen LogP contribution in [0.2, 0.25) is 0 Å². The number of imidazole rings is 1. The summed E-state index contributed by atoms with van der Waals surface area (Å²) in [6, 6.07) is 0. The van der Waals surface area contributed by atoms with Crippen molar-refractivity contribution in [3.8, 4) is 0 Å². The molecule has 5 heteroatoms. The molecule has 0 radical (unpaired) electrons. The first-order valence-electron chi connectivity index (χ1n) is 6.50. The topological polar surface area (TPSA) is 48.3 Å². The van der Waals surface area contributed by atoms with E-state index in [1.165, 1.54) is 5.69 Å². The Balaban J connectivity index is 2.22. The van der Waals surface area contributed by atoms with Crippen LogP contribution in [0.15, 0.2) is 12.5 Å². The van der Waals surface area contributed by atoms with Crippen molar-refractivity contribution in [1.29, 1.82) is 0 Å². The summed E-state index contributed by atoms with van der Waals surface area (Å²) >= 11 is 0. The molecule has 0 fully saturated rings. The van der Waals surface area contributed by atoms with E-state index < -0.39 is 0 Å². The number of ether oxygens (including phenoxy) is 2. The quantitative estimate of drug-likeness (QED) is 0.640. The fraction of sp³-hybridized carbons (Fsp3) is 0.769. The fourth-order valence-corrected chi connectivity index (χ4v) is 1.59. The molecule has 0 aliphatic carbocycles. The van der Waals surface area contributed by atoms with Crippen LogP contribution in [-0.4, -0.2) is 43.0 Å². The van der Waals surface area contributed by atoms with Gasteiger partial charge in [-0.2, -0.15) is 0 Å². The van der Waals surface area contributed by atoms with Gasteiger partial charge in [0, 0.05) is 26.4 Å². The maximum atomic E-state index is 5.45. The van der Waals surface area contributed by atoms with E-state index in [1.807, 2.05) is 12.5 Å². The minimum Gasteiger partial charge on any atom is -0.382 e. The molecule has 18 heavy (non-hydrogen) atoms. The standard InChI is InChI=1S/C13H25N3O2/c1-12(2)8-14-9-13-10-15-11-16(13)4-5-18-7-6-17-3/h10-12,14H,4-9H2,1-3H3. The molecule has 0 aliphatic rings. The van der Waals surface area contributed by atoms with Crippen LogP contribution in [0.5, 0.6) is 0 Å². The highest BCUT2D eigenvalue weighted by Gasteiger charge is 2.02. The number of nitrogens with one attached hydrogen (secondary N) is 1. The number of aromatic nitrogens is 2. The van der Waals surface area contributed by atoms with Crippen molar-refractivity contribution in [2.24, 2.45) is 5.92 Å². The van der Waals surface area contributed by atoms with Gasteiger partial charge in [-0.25, -0.2) is 4.98 Å². The summed E-state index contributed by atoms with van der Waals surface area (Å²) in [5.74, 6) is 0.666. The van der Waals surface area contributed by atoms with Crippen LogP contribution in [0, 0.1) is 5.92 Å². The number of hydrogen-bond donors (Lipinski definition) is 1. The Morgan fingerprint density at radius 3 is 2.89 bits per heavy atom. The SMILES string of the molecule is COCCOCCn1cncc1CNCC(C)C. The third-order valence-corrected chi connectivity index (χ3v) is 2.57. The molecule has 1 heterocycles. The van der Waals surface area contributed by atoms with Crippen molar-refractivity contribution in [3.63, 3.8) is 0 Å². The molecule has 1 aromatic heterocycles. The van der Waals surface area contributed by atoms with Gasteiger partial charge in [-0.15, -0.1) is 0 Å². The normalized spacial score (nSPS) is 11.3. The van der Waals surface area contributed by atoms with Crippen molar-refractivity contribution >= 4 is 0 Å². The second-order valence-electron chi connectivity index (χ2n) is 4.71. The molecular weight excluding hydrogens is 230 g/mol. The molecule has 0 amide bonds. The largest absolute Gasteiger partial charge is 0.382 e. The van der Waals surface area contributed by atoms with Gasteiger partial charge in [-0.3, -0.25) is 0 Å². The molecule has 5 nitrogen and oxygen atoms in total. The van der Waals surface area contributed by atoms with Crippen LogP contribution in [-0.2, 0) is 22.6 Å². The lowest BCUT2D eigenvalue weighted by Crippen LogP contribution is -2.21. The molecular formula is C13H25N3O2. The molecule has 1 rings (SSSR count). The zero-order valence-electron chi connectivity index (χ0n) is 11.7. The molecule has 0 atom stereocenters. The van der Waals surface area contributed by atoms with Crippen molar-refractivity contribution in [1.82, 2.24) is 14.9 Å². The van der Waals surface area contributed by atoms with Crippen LogP contribution in [0.25, 0.3) is 0 Å². The maximum absolute atomic E-state index is 5.45. The van der Waals surface area contributed by atoms with E-state index in [0.29, 0.717) is 25.7 Å². The highest BCUT2D eigenvalue weighted by Crippen LogP contribution is 2.00. The average Bonchev–Trinajstić information content (AvgIpc) is 2.76. The van der Waals surface area contributed by atoms with E-state index in [0.717, 1.165) is 19.6 Å². The van der Waals surface area contributed by atoms with Crippen LogP contribution < -0.4 is 5.32 Å². The Hall–Kier alpha value is -0.910. The van der Waals surface area contributed by atoms with Crippen LogP contribution in [0.4, 0.5) is 0 Å². The van der Waals surface area contributed by atoms with Crippen molar-refractivity contribution in [2.45, 2.75) is 26.9 Å². The van der Waals surface area contributed by atoms with E-state index in [2.05, 4.69) is 28.7 Å². The molecule has 0 saturated heterocycles. The van der Waals surface area contributed by atoms with E-state index in [1.54, 1.807) is 7.11 Å². The average molecular weight is 255 g/mol. The van der Waals surface area contributed by atoms with E-state index in [9.17, 15) is 0 Å². The zero-order chi connectivity index (χ0) is 13.2. The monoisotopic (exact) mass is 255 g/mol. The molecule has 1 aromatic rings. The van der Waals surface area contributed by atoms with Gasteiger partial charge in [0.1, 0.15) is 0 Å². The Labute approximate surface area is 109 Å².